The van der Waals surface area contributed by atoms with Crippen LogP contribution < -0.4 is 10.6 Å². The standard InChI is InChI=1S/C11H18N2O4S/c1-17-9(14)5-3-2-4-8-10-7(6-18(8)16)12-11(15)13-10/h7-8,10H,2-6H2,1H3,(H2,12,13,15)/t7-,8?,10?,18?/m1/s1. The molecule has 0 bridgehead atoms. The van der Waals surface area contributed by atoms with E-state index in [1.807, 2.05) is 0 Å². The van der Waals surface area contributed by atoms with Crippen LogP contribution in [0.25, 0.3) is 0 Å². The number of unbranched alkanes of at least 4 members (excludes halogenated alkanes) is 1. The Bertz CT molecular complexity index is 339. The highest BCUT2D eigenvalue weighted by Gasteiger charge is 2.50. The number of carbonyl (C=O) groups is 2. The number of ether oxygens (including phenoxy) is 1. The topological polar surface area (TPSA) is 90.5 Å². The third-order valence-electron chi connectivity index (χ3n) is 3.48. The molecule has 2 N–H and O–H groups in total. The number of carbonyl (C=O) groups excluding carboxylic acids is 2. The number of nitrogens with one attached hydrogen (secondary N) is 2. The lowest BCUT2D eigenvalue weighted by Crippen LogP contribution is -2.39. The Morgan fingerprint density at radius 3 is 3.00 bits per heavy atom. The van der Waals surface area contributed by atoms with Gasteiger partial charge in [-0.3, -0.25) is 4.79 Å². The van der Waals surface area contributed by atoms with E-state index in [4.69, 9.17) is 0 Å². The lowest BCUT2D eigenvalue weighted by molar-refractivity contribution is -0.140. The van der Waals surface area contributed by atoms with E-state index in [9.17, 15) is 14.1 Å². The molecule has 0 spiro atoms. The van der Waals surface area contributed by atoms with Crippen LogP contribution in [0.3, 0.4) is 0 Å². The highest BCUT2D eigenvalue weighted by atomic mass is 32.2. The lowest BCUT2D eigenvalue weighted by atomic mass is 10.0. The molecular weight excluding hydrogens is 256 g/mol. The summed E-state index contributed by atoms with van der Waals surface area (Å²) in [5, 5.41) is 5.61. The summed E-state index contributed by atoms with van der Waals surface area (Å²) in [7, 11) is 1.37. The van der Waals surface area contributed by atoms with Gasteiger partial charge in [-0.25, -0.2) is 4.79 Å². The second kappa shape index (κ2) is 5.79. The van der Waals surface area contributed by atoms with Crippen LogP contribution in [0.2, 0.25) is 0 Å². The minimum absolute atomic E-state index is 0.00365. The van der Waals surface area contributed by atoms with Crippen molar-refractivity contribution in [2.24, 2.45) is 0 Å². The Balaban J connectivity index is 1.75. The van der Waals surface area contributed by atoms with Crippen molar-refractivity contribution in [3.05, 3.63) is 0 Å². The molecule has 0 aliphatic carbocycles. The smallest absolute Gasteiger partial charge is 0.315 e. The average molecular weight is 274 g/mol. The van der Waals surface area contributed by atoms with Gasteiger partial charge in [-0.1, -0.05) is 0 Å². The zero-order chi connectivity index (χ0) is 13.1. The first-order valence-corrected chi connectivity index (χ1v) is 7.51. The molecule has 0 radical (unpaired) electrons. The quantitative estimate of drug-likeness (QED) is 0.317. The summed E-state index contributed by atoms with van der Waals surface area (Å²) in [4.78, 5) is 22.1. The van der Waals surface area contributed by atoms with Crippen LogP contribution in [0.1, 0.15) is 25.7 Å². The number of amides is 2. The van der Waals surface area contributed by atoms with Crippen molar-refractivity contribution in [3.63, 3.8) is 0 Å². The molecule has 6 nitrogen and oxygen atoms in total. The van der Waals surface area contributed by atoms with Crippen LogP contribution in [0, 0.1) is 0 Å². The molecule has 3 unspecified atom stereocenters. The first kappa shape index (κ1) is 13.5. The number of hydrogen-bond acceptors (Lipinski definition) is 4. The van der Waals surface area contributed by atoms with Gasteiger partial charge in [0.15, 0.2) is 0 Å². The highest BCUT2D eigenvalue weighted by molar-refractivity contribution is 7.92. The van der Waals surface area contributed by atoms with E-state index in [0.717, 1.165) is 19.3 Å². The van der Waals surface area contributed by atoms with Gasteiger partial charge >= 0.3 is 12.0 Å². The van der Waals surface area contributed by atoms with E-state index < -0.39 is 11.2 Å². The monoisotopic (exact) mass is 274 g/mol. The predicted molar refractivity (Wildman–Crippen MR) is 66.5 cm³/mol. The molecule has 2 aliphatic rings. The molecule has 0 saturated carbocycles. The number of urea groups is 1. The summed E-state index contributed by atoms with van der Waals surface area (Å²) in [6.07, 6.45) is 2.73. The minimum Gasteiger partial charge on any atom is -0.616 e. The molecular formula is C11H18N2O4S. The minimum atomic E-state index is -0.894. The third-order valence-corrected chi connectivity index (χ3v) is 5.37. The first-order valence-electron chi connectivity index (χ1n) is 6.13. The molecule has 0 aromatic rings. The molecule has 4 atom stereocenters. The van der Waals surface area contributed by atoms with Crippen molar-refractivity contribution in [3.8, 4) is 0 Å². The Labute approximate surface area is 109 Å². The molecule has 2 amide bonds. The molecule has 2 fully saturated rings. The first-order chi connectivity index (χ1) is 8.61. The average Bonchev–Trinajstić information content (AvgIpc) is 2.81. The fraction of sp³-hybridized carbons (Fsp3) is 0.818. The number of esters is 1. The molecule has 18 heavy (non-hydrogen) atoms. The number of rotatable bonds is 5. The van der Waals surface area contributed by atoms with Crippen molar-refractivity contribution >= 4 is 23.2 Å². The van der Waals surface area contributed by atoms with E-state index in [-0.39, 0.29) is 29.3 Å². The molecule has 2 saturated heterocycles. The van der Waals surface area contributed by atoms with E-state index in [0.29, 0.717) is 12.2 Å². The summed E-state index contributed by atoms with van der Waals surface area (Å²) < 4.78 is 16.5. The van der Waals surface area contributed by atoms with Gasteiger partial charge in [0.05, 0.1) is 7.11 Å². The molecule has 2 aliphatic heterocycles. The van der Waals surface area contributed by atoms with Crippen LogP contribution in [-0.4, -0.2) is 46.7 Å². The van der Waals surface area contributed by atoms with Crippen molar-refractivity contribution in [2.75, 3.05) is 12.9 Å². The van der Waals surface area contributed by atoms with Crippen LogP contribution in [-0.2, 0) is 20.7 Å². The summed E-state index contributed by atoms with van der Waals surface area (Å²) in [5.41, 5.74) is 0. The molecule has 0 aromatic carbocycles. The van der Waals surface area contributed by atoms with Gasteiger partial charge in [0.25, 0.3) is 0 Å². The number of methoxy groups -OCH3 is 1. The van der Waals surface area contributed by atoms with Gasteiger partial charge in [0, 0.05) is 6.42 Å². The van der Waals surface area contributed by atoms with Crippen LogP contribution in [0.15, 0.2) is 0 Å². The number of hydrogen-bond donors (Lipinski definition) is 2. The number of fused-ring (bicyclic) bond motifs is 1. The summed E-state index contributed by atoms with van der Waals surface area (Å²) in [6, 6.07) is -0.179. The summed E-state index contributed by atoms with van der Waals surface area (Å²) in [5.74, 6) is 0.321. The van der Waals surface area contributed by atoms with Crippen LogP contribution in [0.4, 0.5) is 4.79 Å². The van der Waals surface area contributed by atoms with Crippen molar-refractivity contribution < 1.29 is 18.9 Å². The maximum Gasteiger partial charge on any atom is 0.315 e. The zero-order valence-corrected chi connectivity index (χ0v) is 11.1. The predicted octanol–water partition coefficient (Wildman–Crippen LogP) is -0.0993. The second-order valence-corrected chi connectivity index (χ2v) is 6.36. The maximum atomic E-state index is 11.9. The van der Waals surface area contributed by atoms with Crippen molar-refractivity contribution in [2.45, 2.75) is 43.0 Å². The van der Waals surface area contributed by atoms with Gasteiger partial charge in [0.2, 0.25) is 0 Å². The van der Waals surface area contributed by atoms with E-state index in [1.54, 1.807) is 0 Å². The fourth-order valence-electron chi connectivity index (χ4n) is 2.54. The van der Waals surface area contributed by atoms with E-state index in [2.05, 4.69) is 15.4 Å². The van der Waals surface area contributed by atoms with Crippen LogP contribution >= 0.6 is 0 Å². The van der Waals surface area contributed by atoms with Gasteiger partial charge < -0.3 is 19.9 Å². The van der Waals surface area contributed by atoms with Gasteiger partial charge in [-0.15, -0.1) is 0 Å². The van der Waals surface area contributed by atoms with Gasteiger partial charge in [0.1, 0.15) is 23.1 Å². The van der Waals surface area contributed by atoms with E-state index in [1.165, 1.54) is 7.11 Å². The van der Waals surface area contributed by atoms with Crippen LogP contribution in [0.5, 0.6) is 0 Å². The Morgan fingerprint density at radius 1 is 1.50 bits per heavy atom. The largest absolute Gasteiger partial charge is 0.616 e. The molecule has 0 aromatic heterocycles. The summed E-state index contributed by atoms with van der Waals surface area (Å²) >= 11 is -0.894. The Kier molecular flexibility index (Phi) is 4.34. The summed E-state index contributed by atoms with van der Waals surface area (Å²) in [6.45, 7) is 0. The SMILES string of the molecule is COC(=O)CCCCC1C2NC(=O)N[C@@H]2C[S+]1[O-]. The van der Waals surface area contributed by atoms with Gasteiger partial charge in [-0.2, -0.15) is 0 Å². The molecule has 102 valence electrons. The molecule has 2 rings (SSSR count). The molecule has 2 heterocycles. The Hall–Kier alpha value is -0.950. The normalized spacial score (nSPS) is 33.8. The lowest BCUT2D eigenvalue weighted by Gasteiger charge is -2.17. The maximum absolute atomic E-state index is 11.9. The van der Waals surface area contributed by atoms with Crippen molar-refractivity contribution in [1.82, 2.24) is 10.6 Å². The van der Waals surface area contributed by atoms with E-state index >= 15 is 0 Å². The Morgan fingerprint density at radius 2 is 2.28 bits per heavy atom. The highest BCUT2D eigenvalue weighted by Crippen LogP contribution is 2.28. The molecule has 7 heteroatoms. The third kappa shape index (κ3) is 2.89. The zero-order valence-electron chi connectivity index (χ0n) is 10.3. The fourth-order valence-corrected chi connectivity index (χ4v) is 4.45. The van der Waals surface area contributed by atoms with Crippen molar-refractivity contribution in [1.29, 1.82) is 0 Å². The van der Waals surface area contributed by atoms with Gasteiger partial charge in [-0.05, 0) is 30.4 Å². The second-order valence-electron chi connectivity index (χ2n) is 4.66.